The fourth-order valence-electron chi connectivity index (χ4n) is 2.26. The van der Waals surface area contributed by atoms with Crippen LogP contribution in [-0.4, -0.2) is 25.8 Å². The van der Waals surface area contributed by atoms with Crippen LogP contribution in [0.4, 0.5) is 0 Å². The molecule has 0 aliphatic carbocycles. The first kappa shape index (κ1) is 15.9. The lowest BCUT2D eigenvalue weighted by atomic mass is 10.0. The molecule has 0 heterocycles. The quantitative estimate of drug-likeness (QED) is 0.445. The molecule has 0 bridgehead atoms. The molecule has 0 radical (unpaired) electrons. The van der Waals surface area contributed by atoms with Gasteiger partial charge in [-0.2, -0.15) is 0 Å². The van der Waals surface area contributed by atoms with E-state index in [1.54, 1.807) is 0 Å². The second kappa shape index (κ2) is 7.50. The zero-order valence-electron chi connectivity index (χ0n) is 12.9. The maximum absolute atomic E-state index is 11.0. The minimum atomic E-state index is -0.447. The Bertz CT molecular complexity index is 676. The van der Waals surface area contributed by atoms with Crippen LogP contribution in [0.1, 0.15) is 12.5 Å². The summed E-state index contributed by atoms with van der Waals surface area (Å²) in [4.78, 5) is 11.0. The van der Waals surface area contributed by atoms with Crippen LogP contribution in [0, 0.1) is 6.92 Å². The number of hydrogen-bond donors (Lipinski definition) is 0. The summed E-state index contributed by atoms with van der Waals surface area (Å²) >= 11 is 0. The van der Waals surface area contributed by atoms with Crippen LogP contribution in [0.2, 0.25) is 0 Å². The summed E-state index contributed by atoms with van der Waals surface area (Å²) in [5, 5.41) is 1.99. The second-order valence-electron chi connectivity index (χ2n) is 4.72. The van der Waals surface area contributed by atoms with Crippen LogP contribution in [0.3, 0.4) is 0 Å². The van der Waals surface area contributed by atoms with E-state index < -0.39 is 5.97 Å². The Kier molecular flexibility index (Phi) is 5.42. The molecule has 0 saturated carbocycles. The van der Waals surface area contributed by atoms with E-state index in [4.69, 9.17) is 14.2 Å². The molecule has 0 aliphatic heterocycles. The van der Waals surface area contributed by atoms with Crippen LogP contribution in [0.25, 0.3) is 10.8 Å². The van der Waals surface area contributed by atoms with Gasteiger partial charge in [0, 0.05) is 16.8 Å². The first-order valence-corrected chi connectivity index (χ1v) is 7.24. The van der Waals surface area contributed by atoms with Gasteiger partial charge in [-0.25, -0.2) is 4.79 Å². The Morgan fingerprint density at radius 1 is 1.18 bits per heavy atom. The van der Waals surface area contributed by atoms with E-state index in [1.165, 1.54) is 0 Å². The molecule has 2 aromatic rings. The highest BCUT2D eigenvalue weighted by Gasteiger charge is 2.11. The topological polar surface area (TPSA) is 44.8 Å². The predicted octanol–water partition coefficient (Wildman–Crippen LogP) is 3.65. The summed E-state index contributed by atoms with van der Waals surface area (Å²) in [7, 11) is 0. The van der Waals surface area contributed by atoms with Crippen molar-refractivity contribution in [1.82, 2.24) is 0 Å². The van der Waals surface area contributed by atoms with Crippen LogP contribution < -0.4 is 9.47 Å². The van der Waals surface area contributed by atoms with Gasteiger partial charge in [0.1, 0.15) is 24.7 Å². The van der Waals surface area contributed by atoms with Crippen LogP contribution >= 0.6 is 0 Å². The first-order valence-electron chi connectivity index (χ1n) is 7.24. The lowest BCUT2D eigenvalue weighted by molar-refractivity contribution is -0.138. The van der Waals surface area contributed by atoms with Crippen molar-refractivity contribution in [3.63, 3.8) is 0 Å². The zero-order chi connectivity index (χ0) is 15.9. The molecule has 2 rings (SSSR count). The number of fused-ring (bicyclic) bond motifs is 1. The van der Waals surface area contributed by atoms with Gasteiger partial charge in [-0.3, -0.25) is 0 Å². The second-order valence-corrected chi connectivity index (χ2v) is 4.72. The maximum Gasteiger partial charge on any atom is 0.330 e. The summed E-state index contributed by atoms with van der Waals surface area (Å²) < 4.78 is 16.4. The van der Waals surface area contributed by atoms with Crippen molar-refractivity contribution >= 4 is 16.7 Å². The summed E-state index contributed by atoms with van der Waals surface area (Å²) in [5.74, 6) is 1.19. The molecule has 2 aromatic carbocycles. The lowest BCUT2D eigenvalue weighted by Crippen LogP contribution is -2.11. The van der Waals surface area contributed by atoms with Crippen molar-refractivity contribution < 1.29 is 19.0 Å². The highest BCUT2D eigenvalue weighted by atomic mass is 16.6. The molecule has 4 heteroatoms. The van der Waals surface area contributed by atoms with Crippen molar-refractivity contribution in [3.8, 4) is 11.5 Å². The Balaban J connectivity index is 2.22. The fourth-order valence-corrected chi connectivity index (χ4v) is 2.26. The fraction of sp³-hybridized carbons (Fsp3) is 0.278. The van der Waals surface area contributed by atoms with E-state index in [0.29, 0.717) is 13.2 Å². The smallest absolute Gasteiger partial charge is 0.330 e. The molecule has 0 spiro atoms. The first-order chi connectivity index (χ1) is 10.7. The van der Waals surface area contributed by atoms with E-state index in [9.17, 15) is 4.79 Å². The molecule has 0 atom stereocenters. The zero-order valence-corrected chi connectivity index (χ0v) is 12.9. The summed E-state index contributed by atoms with van der Waals surface area (Å²) in [6.07, 6.45) is 1.14. The molecule has 116 valence electrons. The van der Waals surface area contributed by atoms with Gasteiger partial charge in [0.05, 0.1) is 6.61 Å². The number of ether oxygens (including phenoxy) is 3. The molecule has 0 amide bonds. The van der Waals surface area contributed by atoms with E-state index in [1.807, 2.05) is 44.2 Å². The third kappa shape index (κ3) is 3.58. The highest BCUT2D eigenvalue weighted by Crippen LogP contribution is 2.36. The third-order valence-corrected chi connectivity index (χ3v) is 3.18. The van der Waals surface area contributed by atoms with Gasteiger partial charge in [0.25, 0.3) is 0 Å². The number of carbonyl (C=O) groups excluding carboxylic acids is 1. The molecule has 22 heavy (non-hydrogen) atoms. The molecular formula is C18H20O4. The molecule has 0 unspecified atom stereocenters. The minimum absolute atomic E-state index is 0.186. The molecule has 0 aromatic heterocycles. The average molecular weight is 300 g/mol. The van der Waals surface area contributed by atoms with E-state index in [0.717, 1.165) is 33.9 Å². The number of carbonyl (C=O) groups is 1. The van der Waals surface area contributed by atoms with Crippen LogP contribution in [0.5, 0.6) is 11.5 Å². The third-order valence-electron chi connectivity index (χ3n) is 3.18. The van der Waals surface area contributed by atoms with Crippen molar-refractivity contribution in [2.75, 3.05) is 19.8 Å². The number of benzene rings is 2. The monoisotopic (exact) mass is 300 g/mol. The molecule has 0 saturated heterocycles. The standard InChI is InChI=1S/C18H20O4/c1-4-17(19)21-10-11-22-18-13(3)12-16(20-5-2)14-8-6-7-9-15(14)18/h4,6-9,12H,1,5,10-11H2,2-3H3. The number of esters is 1. The summed E-state index contributed by atoms with van der Waals surface area (Å²) in [6, 6.07) is 9.90. The van der Waals surface area contributed by atoms with Crippen LogP contribution in [-0.2, 0) is 9.53 Å². The predicted molar refractivity (Wildman–Crippen MR) is 86.5 cm³/mol. The number of aryl methyl sites for hydroxylation is 1. The van der Waals surface area contributed by atoms with Gasteiger partial charge in [-0.15, -0.1) is 0 Å². The Morgan fingerprint density at radius 2 is 1.91 bits per heavy atom. The molecule has 0 aliphatic rings. The average Bonchev–Trinajstić information content (AvgIpc) is 2.53. The van der Waals surface area contributed by atoms with Gasteiger partial charge in [-0.05, 0) is 25.5 Å². The molecule has 0 N–H and O–H groups in total. The summed E-state index contributed by atoms with van der Waals surface area (Å²) in [6.45, 7) is 8.37. The Hall–Kier alpha value is -2.49. The van der Waals surface area contributed by atoms with Gasteiger partial charge in [0.2, 0.25) is 0 Å². The molecular weight excluding hydrogens is 280 g/mol. The van der Waals surface area contributed by atoms with E-state index >= 15 is 0 Å². The van der Waals surface area contributed by atoms with Crippen molar-refractivity contribution in [1.29, 1.82) is 0 Å². The van der Waals surface area contributed by atoms with Gasteiger partial charge >= 0.3 is 5.97 Å². The normalized spacial score (nSPS) is 10.3. The molecule has 0 fully saturated rings. The lowest BCUT2D eigenvalue weighted by Gasteiger charge is -2.15. The van der Waals surface area contributed by atoms with E-state index in [-0.39, 0.29) is 6.61 Å². The van der Waals surface area contributed by atoms with Crippen molar-refractivity contribution in [2.45, 2.75) is 13.8 Å². The SMILES string of the molecule is C=CC(=O)OCCOc1c(C)cc(OCC)c2ccccc12. The molecule has 4 nitrogen and oxygen atoms in total. The highest BCUT2D eigenvalue weighted by molar-refractivity contribution is 5.94. The van der Waals surface area contributed by atoms with E-state index in [2.05, 4.69) is 6.58 Å². The minimum Gasteiger partial charge on any atom is -0.493 e. The largest absolute Gasteiger partial charge is 0.493 e. The Morgan fingerprint density at radius 3 is 2.59 bits per heavy atom. The van der Waals surface area contributed by atoms with Gasteiger partial charge in [-0.1, -0.05) is 30.8 Å². The summed E-state index contributed by atoms with van der Waals surface area (Å²) in [5.41, 5.74) is 0.984. The maximum atomic E-state index is 11.0. The van der Waals surface area contributed by atoms with Gasteiger partial charge < -0.3 is 14.2 Å². The Labute approximate surface area is 130 Å². The van der Waals surface area contributed by atoms with Crippen molar-refractivity contribution in [3.05, 3.63) is 48.6 Å². The van der Waals surface area contributed by atoms with Gasteiger partial charge in [0.15, 0.2) is 0 Å². The van der Waals surface area contributed by atoms with Crippen molar-refractivity contribution in [2.24, 2.45) is 0 Å². The number of hydrogen-bond acceptors (Lipinski definition) is 4. The van der Waals surface area contributed by atoms with Crippen LogP contribution in [0.15, 0.2) is 43.0 Å². The number of rotatable bonds is 7.